The van der Waals surface area contributed by atoms with Gasteiger partial charge in [0.2, 0.25) is 0 Å². The van der Waals surface area contributed by atoms with Gasteiger partial charge in [0.25, 0.3) is 0 Å². The van der Waals surface area contributed by atoms with Crippen molar-refractivity contribution in [2.75, 3.05) is 0 Å². The second kappa shape index (κ2) is 6.21. The van der Waals surface area contributed by atoms with Gasteiger partial charge in [-0.3, -0.25) is 0 Å². The van der Waals surface area contributed by atoms with Crippen molar-refractivity contribution in [3.8, 4) is 0 Å². The summed E-state index contributed by atoms with van der Waals surface area (Å²) in [6.45, 7) is 3.13. The topological polar surface area (TPSA) is 17.0 Å². The molecule has 0 aliphatic heterocycles. The third-order valence-corrected chi connectivity index (χ3v) is 3.66. The lowest BCUT2D eigenvalue weighted by Gasteiger charge is -2.17. The maximum absolute atomic E-state index is 3.61. The molecular weight excluding hydrogens is 288 g/mol. The number of halogens is 1. The molecule has 1 N–H and O–H groups in total. The number of rotatable bonds is 5. The summed E-state index contributed by atoms with van der Waals surface area (Å²) in [5.74, 6) is 0. The number of nitrogens with zero attached hydrogens (tertiary/aromatic N) is 1. The van der Waals surface area contributed by atoms with Crippen LogP contribution < -0.4 is 5.32 Å². The summed E-state index contributed by atoms with van der Waals surface area (Å²) in [4.78, 5) is 0. The highest BCUT2D eigenvalue weighted by atomic mass is 79.9. The van der Waals surface area contributed by atoms with Crippen LogP contribution in [0.3, 0.4) is 0 Å². The maximum atomic E-state index is 3.61. The third kappa shape index (κ3) is 3.47. The zero-order valence-electron chi connectivity index (χ0n) is 10.9. The lowest BCUT2D eigenvalue weighted by Crippen LogP contribution is -2.19. The van der Waals surface area contributed by atoms with Crippen molar-refractivity contribution in [2.45, 2.75) is 25.9 Å². The normalized spacial score (nSPS) is 12.6. The van der Waals surface area contributed by atoms with Crippen molar-refractivity contribution in [2.24, 2.45) is 7.05 Å². The molecule has 0 aliphatic carbocycles. The van der Waals surface area contributed by atoms with Crippen LogP contribution in [-0.2, 0) is 13.6 Å². The number of hydrogen-bond donors (Lipinski definition) is 1. The zero-order valence-corrected chi connectivity index (χ0v) is 12.4. The molecule has 2 rings (SSSR count). The molecule has 0 saturated carbocycles. The quantitative estimate of drug-likeness (QED) is 0.882. The molecule has 0 amide bonds. The summed E-state index contributed by atoms with van der Waals surface area (Å²) < 4.78 is 3.21. The third-order valence-electron chi connectivity index (χ3n) is 3.13. The first kappa shape index (κ1) is 13.4. The monoisotopic (exact) mass is 306 g/mol. The zero-order chi connectivity index (χ0) is 13.0. The molecule has 0 aliphatic rings. The summed E-state index contributed by atoms with van der Waals surface area (Å²) in [7, 11) is 2.05. The smallest absolute Gasteiger partial charge is 0.0320 e. The van der Waals surface area contributed by atoms with Crippen LogP contribution in [0.2, 0.25) is 0 Å². The molecule has 0 spiro atoms. The van der Waals surface area contributed by atoms with Crippen molar-refractivity contribution in [1.29, 1.82) is 0 Å². The molecule has 0 bridgehead atoms. The average molecular weight is 307 g/mol. The summed E-state index contributed by atoms with van der Waals surface area (Å²) in [6, 6.07) is 11.1. The Morgan fingerprint density at radius 2 is 1.94 bits per heavy atom. The Kier molecular flexibility index (Phi) is 4.61. The Hall–Kier alpha value is -1.06. The van der Waals surface area contributed by atoms with Gasteiger partial charge in [0.1, 0.15) is 0 Å². The first-order valence-corrected chi connectivity index (χ1v) is 7.08. The van der Waals surface area contributed by atoms with Gasteiger partial charge in [-0.15, -0.1) is 0 Å². The van der Waals surface area contributed by atoms with Crippen molar-refractivity contribution in [1.82, 2.24) is 9.88 Å². The second-order valence-corrected chi connectivity index (χ2v) is 5.49. The van der Waals surface area contributed by atoms with E-state index in [2.05, 4.69) is 82.5 Å². The minimum Gasteiger partial charge on any atom is -0.357 e. The van der Waals surface area contributed by atoms with Gasteiger partial charge in [-0.05, 0) is 35.7 Å². The van der Waals surface area contributed by atoms with E-state index in [1.54, 1.807) is 0 Å². The number of benzene rings is 1. The van der Waals surface area contributed by atoms with E-state index in [4.69, 9.17) is 0 Å². The molecule has 1 unspecified atom stereocenters. The second-order valence-electron chi connectivity index (χ2n) is 4.58. The van der Waals surface area contributed by atoms with Gasteiger partial charge in [0.15, 0.2) is 0 Å². The van der Waals surface area contributed by atoms with Crippen molar-refractivity contribution in [3.63, 3.8) is 0 Å². The van der Waals surface area contributed by atoms with Crippen LogP contribution in [0.1, 0.15) is 30.5 Å². The Balaban J connectivity index is 1.99. The SMILES string of the molecule is CCC(NCc1ccn(C)c1)c1ccc(Br)cc1. The van der Waals surface area contributed by atoms with E-state index in [9.17, 15) is 0 Å². The van der Waals surface area contributed by atoms with E-state index in [1.807, 2.05) is 0 Å². The highest BCUT2D eigenvalue weighted by Gasteiger charge is 2.08. The van der Waals surface area contributed by atoms with Gasteiger partial charge < -0.3 is 9.88 Å². The number of hydrogen-bond acceptors (Lipinski definition) is 1. The van der Waals surface area contributed by atoms with Crippen molar-refractivity contribution in [3.05, 3.63) is 58.3 Å². The van der Waals surface area contributed by atoms with E-state index in [1.165, 1.54) is 11.1 Å². The van der Waals surface area contributed by atoms with Gasteiger partial charge >= 0.3 is 0 Å². The summed E-state index contributed by atoms with van der Waals surface area (Å²) in [6.07, 6.45) is 5.33. The van der Waals surface area contributed by atoms with E-state index in [-0.39, 0.29) is 0 Å². The predicted molar refractivity (Wildman–Crippen MR) is 79.4 cm³/mol. The lowest BCUT2D eigenvalue weighted by atomic mass is 10.0. The van der Waals surface area contributed by atoms with E-state index in [0.717, 1.165) is 17.4 Å². The summed E-state index contributed by atoms with van der Waals surface area (Å²) >= 11 is 3.47. The fourth-order valence-corrected chi connectivity index (χ4v) is 2.36. The molecule has 1 aromatic heterocycles. The molecule has 3 heteroatoms. The molecule has 1 aromatic carbocycles. The first-order chi connectivity index (χ1) is 8.69. The Bertz CT molecular complexity index is 487. The van der Waals surface area contributed by atoms with E-state index >= 15 is 0 Å². The van der Waals surface area contributed by atoms with Crippen molar-refractivity contribution < 1.29 is 0 Å². The Morgan fingerprint density at radius 3 is 2.50 bits per heavy atom. The van der Waals surface area contributed by atoms with Crippen LogP contribution in [0.25, 0.3) is 0 Å². The minimum atomic E-state index is 0.415. The average Bonchev–Trinajstić information content (AvgIpc) is 2.78. The fourth-order valence-electron chi connectivity index (χ4n) is 2.10. The van der Waals surface area contributed by atoms with Crippen molar-refractivity contribution >= 4 is 15.9 Å². The standard InChI is InChI=1S/C15H19BrN2/c1-3-15(13-4-6-14(16)7-5-13)17-10-12-8-9-18(2)11-12/h4-9,11,15,17H,3,10H2,1-2H3. The molecule has 96 valence electrons. The lowest BCUT2D eigenvalue weighted by molar-refractivity contribution is 0.519. The molecule has 1 atom stereocenters. The van der Waals surface area contributed by atoms with E-state index < -0.39 is 0 Å². The number of aromatic nitrogens is 1. The highest BCUT2D eigenvalue weighted by molar-refractivity contribution is 9.10. The fraction of sp³-hybridized carbons (Fsp3) is 0.333. The Labute approximate surface area is 117 Å². The maximum Gasteiger partial charge on any atom is 0.0320 e. The molecule has 0 radical (unpaired) electrons. The largest absolute Gasteiger partial charge is 0.357 e. The molecular formula is C15H19BrN2. The van der Waals surface area contributed by atoms with Crippen LogP contribution in [0.5, 0.6) is 0 Å². The van der Waals surface area contributed by atoms with Gasteiger partial charge in [-0.1, -0.05) is 35.0 Å². The summed E-state index contributed by atoms with van der Waals surface area (Å²) in [5, 5.41) is 3.61. The number of aryl methyl sites for hydroxylation is 1. The van der Waals surface area contributed by atoms with Crippen LogP contribution in [-0.4, -0.2) is 4.57 Å². The van der Waals surface area contributed by atoms with Gasteiger partial charge in [0.05, 0.1) is 0 Å². The molecule has 0 saturated heterocycles. The van der Waals surface area contributed by atoms with Gasteiger partial charge in [-0.2, -0.15) is 0 Å². The number of nitrogens with one attached hydrogen (secondary N) is 1. The molecule has 1 heterocycles. The van der Waals surface area contributed by atoms with E-state index in [0.29, 0.717) is 6.04 Å². The highest BCUT2D eigenvalue weighted by Crippen LogP contribution is 2.19. The molecule has 0 fully saturated rings. The van der Waals surface area contributed by atoms with Gasteiger partial charge in [-0.25, -0.2) is 0 Å². The molecule has 2 aromatic rings. The molecule has 18 heavy (non-hydrogen) atoms. The molecule has 2 nitrogen and oxygen atoms in total. The van der Waals surface area contributed by atoms with Crippen LogP contribution in [0.15, 0.2) is 47.2 Å². The minimum absolute atomic E-state index is 0.415. The summed E-state index contributed by atoms with van der Waals surface area (Å²) in [5.41, 5.74) is 2.67. The predicted octanol–water partition coefficient (Wildman–Crippen LogP) is 4.03. The Morgan fingerprint density at radius 1 is 1.22 bits per heavy atom. The van der Waals surface area contributed by atoms with Gasteiger partial charge in [0, 0.05) is 36.5 Å². The van der Waals surface area contributed by atoms with Crippen LogP contribution >= 0.6 is 15.9 Å². The first-order valence-electron chi connectivity index (χ1n) is 6.28. The van der Waals surface area contributed by atoms with Crippen LogP contribution in [0, 0.1) is 0 Å². The van der Waals surface area contributed by atoms with Crippen LogP contribution in [0.4, 0.5) is 0 Å².